The van der Waals surface area contributed by atoms with Crippen LogP contribution >= 0.6 is 11.6 Å². The summed E-state index contributed by atoms with van der Waals surface area (Å²) in [5.41, 5.74) is 0.776. The average molecular weight is 380 g/mol. The predicted molar refractivity (Wildman–Crippen MR) is 101 cm³/mol. The molecule has 0 aromatic heterocycles. The van der Waals surface area contributed by atoms with E-state index in [-0.39, 0.29) is 24.5 Å². The van der Waals surface area contributed by atoms with Crippen molar-refractivity contribution in [2.24, 2.45) is 0 Å². The predicted octanol–water partition coefficient (Wildman–Crippen LogP) is 2.01. The quantitative estimate of drug-likeness (QED) is 0.803. The molecule has 0 radical (unpaired) electrons. The molecule has 6 nitrogen and oxygen atoms in total. The van der Waals surface area contributed by atoms with Crippen LogP contribution < -0.4 is 4.90 Å². The van der Waals surface area contributed by atoms with Crippen molar-refractivity contribution in [2.45, 2.75) is 32.4 Å². The summed E-state index contributed by atoms with van der Waals surface area (Å²) in [5, 5.41) is 0.595. The monoisotopic (exact) mass is 379 g/mol. The van der Waals surface area contributed by atoms with Gasteiger partial charge in [0.15, 0.2) is 0 Å². The van der Waals surface area contributed by atoms with Gasteiger partial charge in [-0.25, -0.2) is 0 Å². The van der Waals surface area contributed by atoms with E-state index in [9.17, 15) is 9.59 Å². The summed E-state index contributed by atoms with van der Waals surface area (Å²) in [6.07, 6.45) is 0.230. The Morgan fingerprint density at radius 2 is 2.12 bits per heavy atom. The first-order valence-corrected chi connectivity index (χ1v) is 9.51. The number of hydrogen-bond donors (Lipinski definition) is 0. The fourth-order valence-electron chi connectivity index (χ4n) is 3.46. The van der Waals surface area contributed by atoms with E-state index < -0.39 is 0 Å². The first-order valence-electron chi connectivity index (χ1n) is 9.13. The lowest BCUT2D eigenvalue weighted by molar-refractivity contribution is -0.141. The van der Waals surface area contributed by atoms with Crippen LogP contribution in [0, 0.1) is 0 Å². The first kappa shape index (κ1) is 19.1. The molecule has 0 bridgehead atoms. The van der Waals surface area contributed by atoms with Crippen molar-refractivity contribution in [3.63, 3.8) is 0 Å². The van der Waals surface area contributed by atoms with Gasteiger partial charge in [0.25, 0.3) is 0 Å². The molecule has 26 heavy (non-hydrogen) atoms. The van der Waals surface area contributed by atoms with Crippen molar-refractivity contribution in [1.29, 1.82) is 0 Å². The molecule has 0 N–H and O–H groups in total. The molecule has 0 saturated carbocycles. The first-order chi connectivity index (χ1) is 12.4. The maximum absolute atomic E-state index is 12.6. The van der Waals surface area contributed by atoms with Gasteiger partial charge in [0.05, 0.1) is 19.1 Å². The molecule has 1 atom stereocenters. The Hall–Kier alpha value is -1.63. The highest BCUT2D eigenvalue weighted by Gasteiger charge is 2.31. The van der Waals surface area contributed by atoms with Gasteiger partial charge < -0.3 is 14.5 Å². The van der Waals surface area contributed by atoms with Crippen LogP contribution in [0.5, 0.6) is 0 Å². The zero-order valence-corrected chi connectivity index (χ0v) is 16.1. The van der Waals surface area contributed by atoms with Gasteiger partial charge >= 0.3 is 0 Å². The standard InChI is InChI=1S/C19H26ClN3O3/c1-14(2)21-8-9-26-17(12-21)11-18(24)22-6-7-23(19(25)13-22)16-5-3-4-15(20)10-16/h3-5,10,14,17H,6-9,11-13H2,1-2H3/t17-/m1/s1. The van der Waals surface area contributed by atoms with E-state index in [1.165, 1.54) is 0 Å². The summed E-state index contributed by atoms with van der Waals surface area (Å²) in [6, 6.07) is 7.67. The van der Waals surface area contributed by atoms with Crippen molar-refractivity contribution >= 4 is 29.1 Å². The lowest BCUT2D eigenvalue weighted by Crippen LogP contribution is -2.54. The van der Waals surface area contributed by atoms with Crippen molar-refractivity contribution in [1.82, 2.24) is 9.80 Å². The third-order valence-corrected chi connectivity index (χ3v) is 5.23. The summed E-state index contributed by atoms with van der Waals surface area (Å²) < 4.78 is 5.75. The number of nitrogens with zero attached hydrogens (tertiary/aromatic N) is 3. The van der Waals surface area contributed by atoms with Crippen LogP contribution in [0.15, 0.2) is 24.3 Å². The number of ether oxygens (including phenoxy) is 1. The van der Waals surface area contributed by atoms with Crippen molar-refractivity contribution in [2.75, 3.05) is 44.2 Å². The van der Waals surface area contributed by atoms with Gasteiger partial charge in [0.2, 0.25) is 11.8 Å². The number of carbonyl (C=O) groups excluding carboxylic acids is 2. The third-order valence-electron chi connectivity index (χ3n) is 5.00. The van der Waals surface area contributed by atoms with Gasteiger partial charge in [0, 0.05) is 42.9 Å². The second-order valence-corrected chi connectivity index (χ2v) is 7.56. The highest BCUT2D eigenvalue weighted by Crippen LogP contribution is 2.22. The van der Waals surface area contributed by atoms with Crippen LogP contribution in [-0.2, 0) is 14.3 Å². The SMILES string of the molecule is CC(C)N1CCO[C@H](CC(=O)N2CCN(c3cccc(Cl)c3)C(=O)C2)C1. The van der Waals surface area contributed by atoms with Gasteiger partial charge in [0.1, 0.15) is 6.54 Å². The molecule has 0 aliphatic carbocycles. The Morgan fingerprint density at radius 3 is 2.81 bits per heavy atom. The number of benzene rings is 1. The molecular formula is C19H26ClN3O3. The van der Waals surface area contributed by atoms with E-state index in [1.54, 1.807) is 21.9 Å². The molecule has 2 amide bonds. The Bertz CT molecular complexity index is 667. The lowest BCUT2D eigenvalue weighted by Gasteiger charge is -2.37. The molecule has 0 unspecified atom stereocenters. The third kappa shape index (κ3) is 4.55. The number of halogens is 1. The normalized spacial score (nSPS) is 22.2. The molecule has 2 heterocycles. The van der Waals surface area contributed by atoms with Crippen molar-refractivity contribution < 1.29 is 14.3 Å². The van der Waals surface area contributed by atoms with Crippen LogP contribution in [0.1, 0.15) is 20.3 Å². The van der Waals surface area contributed by atoms with Crippen LogP contribution in [-0.4, -0.2) is 73.1 Å². The molecule has 2 aliphatic rings. The van der Waals surface area contributed by atoms with E-state index in [0.717, 1.165) is 18.8 Å². The van der Waals surface area contributed by atoms with Crippen LogP contribution in [0.4, 0.5) is 5.69 Å². The molecule has 0 spiro atoms. The van der Waals surface area contributed by atoms with E-state index in [1.807, 2.05) is 12.1 Å². The number of carbonyl (C=O) groups is 2. The van der Waals surface area contributed by atoms with Crippen molar-refractivity contribution in [3.05, 3.63) is 29.3 Å². The molecule has 2 saturated heterocycles. The molecule has 2 fully saturated rings. The summed E-state index contributed by atoms with van der Waals surface area (Å²) in [5.74, 6) is -0.0973. The molecule has 2 aliphatic heterocycles. The molecule has 142 valence electrons. The summed E-state index contributed by atoms with van der Waals surface area (Å²) >= 11 is 6.01. The number of rotatable bonds is 4. The van der Waals surface area contributed by atoms with Crippen LogP contribution in [0.2, 0.25) is 5.02 Å². The highest BCUT2D eigenvalue weighted by molar-refractivity contribution is 6.30. The minimum absolute atomic E-state index is 0.0142. The Balaban J connectivity index is 1.55. The molecular weight excluding hydrogens is 354 g/mol. The summed E-state index contributed by atoms with van der Waals surface area (Å²) in [4.78, 5) is 30.8. The number of piperazine rings is 1. The van der Waals surface area contributed by atoms with E-state index in [0.29, 0.717) is 37.2 Å². The fourth-order valence-corrected chi connectivity index (χ4v) is 3.65. The van der Waals surface area contributed by atoms with E-state index >= 15 is 0 Å². The lowest BCUT2D eigenvalue weighted by atomic mass is 10.1. The number of anilines is 1. The zero-order chi connectivity index (χ0) is 18.7. The number of hydrogen-bond acceptors (Lipinski definition) is 4. The Labute approximate surface area is 159 Å². The molecule has 7 heteroatoms. The topological polar surface area (TPSA) is 53.1 Å². The van der Waals surface area contributed by atoms with Crippen molar-refractivity contribution in [3.8, 4) is 0 Å². The van der Waals surface area contributed by atoms with Gasteiger partial charge in [-0.05, 0) is 32.0 Å². The second kappa shape index (κ2) is 8.37. The molecule has 1 aromatic rings. The molecule has 3 rings (SSSR count). The fraction of sp³-hybridized carbons (Fsp3) is 0.579. The maximum Gasteiger partial charge on any atom is 0.246 e. The largest absolute Gasteiger partial charge is 0.375 e. The van der Waals surface area contributed by atoms with E-state index in [4.69, 9.17) is 16.3 Å². The zero-order valence-electron chi connectivity index (χ0n) is 15.4. The minimum Gasteiger partial charge on any atom is -0.375 e. The second-order valence-electron chi connectivity index (χ2n) is 7.13. The minimum atomic E-state index is -0.0975. The van der Waals surface area contributed by atoms with Gasteiger partial charge in [-0.15, -0.1) is 0 Å². The summed E-state index contributed by atoms with van der Waals surface area (Å²) in [6.45, 7) is 7.73. The number of morpholine rings is 1. The van der Waals surface area contributed by atoms with Crippen LogP contribution in [0.25, 0.3) is 0 Å². The van der Waals surface area contributed by atoms with E-state index in [2.05, 4.69) is 18.7 Å². The Kier molecular flexibility index (Phi) is 6.16. The van der Waals surface area contributed by atoms with Gasteiger partial charge in [-0.3, -0.25) is 14.5 Å². The Morgan fingerprint density at radius 1 is 1.31 bits per heavy atom. The number of amides is 2. The average Bonchev–Trinajstić information content (AvgIpc) is 2.61. The van der Waals surface area contributed by atoms with Gasteiger partial charge in [-0.1, -0.05) is 17.7 Å². The smallest absolute Gasteiger partial charge is 0.246 e. The van der Waals surface area contributed by atoms with Gasteiger partial charge in [-0.2, -0.15) is 0 Å². The van der Waals surface area contributed by atoms with Crippen LogP contribution in [0.3, 0.4) is 0 Å². The maximum atomic E-state index is 12.6. The highest BCUT2D eigenvalue weighted by atomic mass is 35.5. The molecule has 1 aromatic carbocycles. The summed E-state index contributed by atoms with van der Waals surface area (Å²) in [7, 11) is 0.